The average Bonchev–Trinajstić information content (AvgIpc) is 2.88. The molecule has 19 heavy (non-hydrogen) atoms. The zero-order valence-corrected chi connectivity index (χ0v) is 13.2. The maximum absolute atomic E-state index is 3.72. The summed E-state index contributed by atoms with van der Waals surface area (Å²) in [6, 6.07) is 11.3. The average molecular weight is 315 g/mol. The van der Waals surface area contributed by atoms with Gasteiger partial charge in [-0.05, 0) is 73.4 Å². The first-order chi connectivity index (χ1) is 9.15. The first-order valence-corrected chi connectivity index (χ1v) is 7.79. The maximum Gasteiger partial charge on any atom is 0.0210 e. The van der Waals surface area contributed by atoms with Gasteiger partial charge in [0.05, 0.1) is 0 Å². The van der Waals surface area contributed by atoms with E-state index in [0.29, 0.717) is 0 Å². The van der Waals surface area contributed by atoms with Crippen LogP contribution >= 0.6 is 15.9 Å². The van der Waals surface area contributed by atoms with E-state index in [2.05, 4.69) is 60.1 Å². The van der Waals surface area contributed by atoms with Crippen molar-refractivity contribution in [1.82, 2.24) is 0 Å². The molecule has 0 heterocycles. The van der Waals surface area contributed by atoms with E-state index in [9.17, 15) is 0 Å². The summed E-state index contributed by atoms with van der Waals surface area (Å²) < 4.78 is 1.27. The molecule has 0 amide bonds. The van der Waals surface area contributed by atoms with Crippen molar-refractivity contribution in [3.63, 3.8) is 0 Å². The minimum Gasteiger partial charge on any atom is -0.0590 e. The summed E-state index contributed by atoms with van der Waals surface area (Å²) in [4.78, 5) is 0. The van der Waals surface area contributed by atoms with Crippen molar-refractivity contribution in [1.29, 1.82) is 0 Å². The summed E-state index contributed by atoms with van der Waals surface area (Å²) in [6.45, 7) is 4.38. The van der Waals surface area contributed by atoms with E-state index < -0.39 is 0 Å². The smallest absolute Gasteiger partial charge is 0.0210 e. The first-order valence-electron chi connectivity index (χ1n) is 7.00. The van der Waals surface area contributed by atoms with Gasteiger partial charge in [0.15, 0.2) is 0 Å². The number of hydrogen-bond donors (Lipinski definition) is 0. The minimum absolute atomic E-state index is 1.06. The second kappa shape index (κ2) is 5.13. The van der Waals surface area contributed by atoms with Crippen LogP contribution in [0.4, 0.5) is 0 Å². The highest BCUT2D eigenvalue weighted by Crippen LogP contribution is 2.34. The molecule has 3 rings (SSSR count). The van der Waals surface area contributed by atoms with E-state index in [0.717, 1.165) is 6.42 Å². The van der Waals surface area contributed by atoms with Gasteiger partial charge in [0.2, 0.25) is 0 Å². The van der Waals surface area contributed by atoms with Gasteiger partial charge in [-0.1, -0.05) is 45.8 Å². The molecular formula is C18H19Br. The summed E-state index contributed by atoms with van der Waals surface area (Å²) in [6.07, 6.45) is 4.88. The maximum atomic E-state index is 3.72. The van der Waals surface area contributed by atoms with Crippen LogP contribution in [0.3, 0.4) is 0 Å². The predicted octanol–water partition coefficient (Wildman–Crippen LogP) is 5.15. The minimum atomic E-state index is 1.06. The Hall–Kier alpha value is -1.08. The van der Waals surface area contributed by atoms with Gasteiger partial charge >= 0.3 is 0 Å². The van der Waals surface area contributed by atoms with Crippen molar-refractivity contribution >= 4 is 15.9 Å². The summed E-state index contributed by atoms with van der Waals surface area (Å²) in [7, 11) is 0. The molecule has 1 heteroatoms. The third-order valence-electron chi connectivity index (χ3n) is 4.23. The third kappa shape index (κ3) is 2.49. The molecule has 0 atom stereocenters. The molecule has 0 aromatic heterocycles. The number of rotatable bonds is 2. The molecule has 0 N–H and O–H groups in total. The molecule has 0 spiro atoms. The fraction of sp³-hybridized carbons (Fsp3) is 0.333. The first kappa shape index (κ1) is 12.9. The molecule has 0 radical (unpaired) electrons. The van der Waals surface area contributed by atoms with Crippen molar-refractivity contribution in [2.24, 2.45) is 0 Å². The summed E-state index contributed by atoms with van der Waals surface area (Å²) in [5.41, 5.74) is 8.90. The highest BCUT2D eigenvalue weighted by Gasteiger charge is 2.19. The Morgan fingerprint density at radius 1 is 1.00 bits per heavy atom. The molecule has 0 nitrogen and oxygen atoms in total. The van der Waals surface area contributed by atoms with Crippen LogP contribution in [-0.2, 0) is 19.3 Å². The van der Waals surface area contributed by atoms with Gasteiger partial charge in [0.1, 0.15) is 0 Å². The van der Waals surface area contributed by atoms with Gasteiger partial charge in [0, 0.05) is 4.47 Å². The molecule has 2 aromatic carbocycles. The summed E-state index contributed by atoms with van der Waals surface area (Å²) in [5.74, 6) is 0. The van der Waals surface area contributed by atoms with Gasteiger partial charge in [-0.15, -0.1) is 0 Å². The Kier molecular flexibility index (Phi) is 3.49. The van der Waals surface area contributed by atoms with E-state index in [1.54, 1.807) is 11.1 Å². The molecule has 0 bridgehead atoms. The highest BCUT2D eigenvalue weighted by molar-refractivity contribution is 9.10. The van der Waals surface area contributed by atoms with E-state index in [1.165, 1.54) is 46.0 Å². The van der Waals surface area contributed by atoms with Crippen LogP contribution in [0.2, 0.25) is 0 Å². The Morgan fingerprint density at radius 2 is 1.68 bits per heavy atom. The van der Waals surface area contributed by atoms with E-state index >= 15 is 0 Å². The van der Waals surface area contributed by atoms with Crippen LogP contribution in [0, 0.1) is 13.8 Å². The van der Waals surface area contributed by atoms with Crippen LogP contribution in [0.5, 0.6) is 0 Å². The number of halogens is 1. The third-order valence-corrected chi connectivity index (χ3v) is 5.06. The Labute approximate surface area is 124 Å². The van der Waals surface area contributed by atoms with Crippen LogP contribution in [0.15, 0.2) is 34.8 Å². The van der Waals surface area contributed by atoms with Crippen LogP contribution in [0.1, 0.15) is 39.8 Å². The molecule has 98 valence electrons. The van der Waals surface area contributed by atoms with Crippen LogP contribution in [0.25, 0.3) is 0 Å². The summed E-state index contributed by atoms with van der Waals surface area (Å²) in [5, 5.41) is 0. The molecule has 1 aliphatic rings. The van der Waals surface area contributed by atoms with Crippen LogP contribution in [-0.4, -0.2) is 0 Å². The predicted molar refractivity (Wildman–Crippen MR) is 84.9 cm³/mol. The number of hydrogen-bond acceptors (Lipinski definition) is 0. The van der Waals surface area contributed by atoms with Crippen LogP contribution < -0.4 is 0 Å². The standard InChI is InChI=1S/C18H19Br/c1-12-6-8-14(9-7-12)10-15-11-18(19)13(2)16-4-3-5-17(15)16/h6-9,11H,3-5,10H2,1-2H3. The lowest BCUT2D eigenvalue weighted by atomic mass is 9.94. The van der Waals surface area contributed by atoms with Gasteiger partial charge < -0.3 is 0 Å². The Balaban J connectivity index is 1.99. The topological polar surface area (TPSA) is 0 Å². The number of fused-ring (bicyclic) bond motifs is 1. The van der Waals surface area contributed by atoms with E-state index in [-0.39, 0.29) is 0 Å². The molecular weight excluding hydrogens is 296 g/mol. The van der Waals surface area contributed by atoms with E-state index in [1.807, 2.05) is 0 Å². The largest absolute Gasteiger partial charge is 0.0590 e. The molecule has 2 aromatic rings. The van der Waals surface area contributed by atoms with Crippen molar-refractivity contribution < 1.29 is 0 Å². The normalized spacial score (nSPS) is 13.6. The second-order valence-electron chi connectivity index (χ2n) is 5.62. The van der Waals surface area contributed by atoms with Crippen molar-refractivity contribution in [2.45, 2.75) is 39.5 Å². The molecule has 0 fully saturated rings. The molecule has 0 unspecified atom stereocenters. The fourth-order valence-corrected chi connectivity index (χ4v) is 3.60. The molecule has 0 saturated carbocycles. The molecule has 1 aliphatic carbocycles. The fourth-order valence-electron chi connectivity index (χ4n) is 3.09. The lowest BCUT2D eigenvalue weighted by Crippen LogP contribution is -1.98. The molecule has 0 saturated heterocycles. The quantitative estimate of drug-likeness (QED) is 0.719. The number of aryl methyl sites for hydroxylation is 1. The zero-order chi connectivity index (χ0) is 13.4. The number of benzene rings is 2. The van der Waals surface area contributed by atoms with Gasteiger partial charge in [-0.2, -0.15) is 0 Å². The van der Waals surface area contributed by atoms with Gasteiger partial charge in [-0.3, -0.25) is 0 Å². The van der Waals surface area contributed by atoms with Crippen molar-refractivity contribution in [2.75, 3.05) is 0 Å². The molecule has 0 aliphatic heterocycles. The highest BCUT2D eigenvalue weighted by atomic mass is 79.9. The zero-order valence-electron chi connectivity index (χ0n) is 11.6. The summed E-state index contributed by atoms with van der Waals surface area (Å²) >= 11 is 3.72. The van der Waals surface area contributed by atoms with Gasteiger partial charge in [-0.25, -0.2) is 0 Å². The van der Waals surface area contributed by atoms with E-state index in [4.69, 9.17) is 0 Å². The van der Waals surface area contributed by atoms with Crippen molar-refractivity contribution in [3.8, 4) is 0 Å². The second-order valence-corrected chi connectivity index (χ2v) is 6.47. The lowest BCUT2D eigenvalue weighted by Gasteiger charge is -2.13. The Morgan fingerprint density at radius 3 is 2.42 bits per heavy atom. The van der Waals surface area contributed by atoms with Gasteiger partial charge in [0.25, 0.3) is 0 Å². The SMILES string of the molecule is Cc1ccc(Cc2cc(Br)c(C)c3c2CCC3)cc1. The lowest BCUT2D eigenvalue weighted by molar-refractivity contribution is 0.905. The monoisotopic (exact) mass is 314 g/mol. The van der Waals surface area contributed by atoms with Crippen molar-refractivity contribution in [3.05, 3.63) is 68.2 Å². The Bertz CT molecular complexity index is 609.